The van der Waals surface area contributed by atoms with E-state index in [-0.39, 0.29) is 24.5 Å². The summed E-state index contributed by atoms with van der Waals surface area (Å²) in [6, 6.07) is 9.23. The number of ether oxygens (including phenoxy) is 2. The average molecular weight is 598 g/mol. The minimum atomic E-state index is -4.52. The smallest absolute Gasteiger partial charge is 0.265 e. The van der Waals surface area contributed by atoms with Crippen molar-refractivity contribution >= 4 is 27.7 Å². The van der Waals surface area contributed by atoms with Gasteiger partial charge in [-0.3, -0.25) is 9.69 Å². The van der Waals surface area contributed by atoms with Crippen molar-refractivity contribution in [2.45, 2.75) is 60.3 Å². The highest BCUT2D eigenvalue weighted by atomic mass is 32.2. The number of likely N-dealkylation sites (tertiary alicyclic amines) is 1. The van der Waals surface area contributed by atoms with E-state index in [2.05, 4.69) is 0 Å². The lowest BCUT2D eigenvalue weighted by atomic mass is 9.95. The summed E-state index contributed by atoms with van der Waals surface area (Å²) in [5, 5.41) is 9.71. The van der Waals surface area contributed by atoms with Gasteiger partial charge in [0.25, 0.3) is 15.9 Å². The summed E-state index contributed by atoms with van der Waals surface area (Å²) in [4.78, 5) is 14.7. The second-order valence-electron chi connectivity index (χ2n) is 10.0. The zero-order valence-corrected chi connectivity index (χ0v) is 23.5. The first-order chi connectivity index (χ1) is 19.0. The van der Waals surface area contributed by atoms with Crippen molar-refractivity contribution in [2.24, 2.45) is 0 Å². The van der Waals surface area contributed by atoms with Crippen LogP contribution in [0.15, 0.2) is 46.2 Å². The molecule has 40 heavy (non-hydrogen) atoms. The highest BCUT2D eigenvalue weighted by molar-refractivity contribution is 7.99. The Balaban J connectivity index is 1.51. The molecule has 0 unspecified atom stereocenters. The molecule has 4 rings (SSSR count). The number of nitriles is 1. The first-order valence-corrected chi connectivity index (χ1v) is 15.3. The number of nitrogens with zero attached hydrogens (tertiary/aromatic N) is 2. The van der Waals surface area contributed by atoms with Gasteiger partial charge in [0.05, 0.1) is 10.5 Å². The number of hydrogen-bond acceptors (Lipinski definition) is 8. The summed E-state index contributed by atoms with van der Waals surface area (Å²) < 4.78 is 81.0. The third-order valence-electron chi connectivity index (χ3n) is 6.84. The van der Waals surface area contributed by atoms with Gasteiger partial charge in [-0.15, -0.1) is 11.8 Å². The van der Waals surface area contributed by atoms with E-state index in [9.17, 15) is 27.3 Å². The van der Waals surface area contributed by atoms with Crippen LogP contribution in [0.25, 0.3) is 0 Å². The number of benzene rings is 2. The molecule has 216 valence electrons. The van der Waals surface area contributed by atoms with Gasteiger partial charge in [0, 0.05) is 36.9 Å². The lowest BCUT2D eigenvalue weighted by molar-refractivity contribution is -0.148. The van der Waals surface area contributed by atoms with Crippen LogP contribution in [0.5, 0.6) is 5.75 Å². The monoisotopic (exact) mass is 597 g/mol. The van der Waals surface area contributed by atoms with Crippen LogP contribution >= 0.6 is 11.8 Å². The highest BCUT2D eigenvalue weighted by Crippen LogP contribution is 2.31. The summed E-state index contributed by atoms with van der Waals surface area (Å²) >= 11 is 1.34. The molecule has 0 radical (unpaired) electrons. The molecule has 2 saturated heterocycles. The number of amides is 1. The van der Waals surface area contributed by atoms with Gasteiger partial charge in [0.1, 0.15) is 29.8 Å². The van der Waals surface area contributed by atoms with Gasteiger partial charge in [-0.1, -0.05) is 0 Å². The number of carbonyl (C=O) groups excluding carboxylic acids is 1. The van der Waals surface area contributed by atoms with Gasteiger partial charge in [-0.25, -0.2) is 26.3 Å². The molecule has 0 bridgehead atoms. The predicted molar refractivity (Wildman–Crippen MR) is 142 cm³/mol. The van der Waals surface area contributed by atoms with E-state index < -0.39 is 50.3 Å². The number of thioether (sulfide) groups is 1. The van der Waals surface area contributed by atoms with Crippen molar-refractivity contribution in [3.05, 3.63) is 53.6 Å². The SMILES string of the molecule is C[C@]1(C(=O)NS(=O)(=O)c2cc(F)c(O[C@H](CCN3CC(F)C3)CSc3ccc(F)cc3)c(C#N)c2)CCCCO1. The molecule has 13 heteroatoms. The Kier molecular flexibility index (Phi) is 9.66. The van der Waals surface area contributed by atoms with Gasteiger partial charge >= 0.3 is 0 Å². The molecule has 2 aromatic carbocycles. The summed E-state index contributed by atoms with van der Waals surface area (Å²) in [6.45, 7) is 2.86. The second kappa shape index (κ2) is 12.8. The van der Waals surface area contributed by atoms with Crippen LogP contribution < -0.4 is 9.46 Å². The average Bonchev–Trinajstić information content (AvgIpc) is 2.90. The number of sulfonamides is 1. The van der Waals surface area contributed by atoms with Crippen LogP contribution in [0.3, 0.4) is 0 Å². The van der Waals surface area contributed by atoms with Gasteiger partial charge in [-0.05, 0) is 69.0 Å². The fourth-order valence-electron chi connectivity index (χ4n) is 4.41. The zero-order chi connectivity index (χ0) is 28.9. The van der Waals surface area contributed by atoms with E-state index in [4.69, 9.17) is 9.47 Å². The summed E-state index contributed by atoms with van der Waals surface area (Å²) in [7, 11) is -4.52. The van der Waals surface area contributed by atoms with E-state index in [1.165, 1.54) is 30.8 Å². The van der Waals surface area contributed by atoms with Crippen molar-refractivity contribution < 1.29 is 35.9 Å². The van der Waals surface area contributed by atoms with Crippen LogP contribution in [0.4, 0.5) is 13.2 Å². The molecule has 2 aliphatic heterocycles. The van der Waals surface area contributed by atoms with Crippen LogP contribution in [0, 0.1) is 23.0 Å². The Labute approximate surface area is 235 Å². The molecular formula is C27H30F3N3O5S2. The number of hydrogen-bond donors (Lipinski definition) is 1. The molecule has 0 saturated carbocycles. The summed E-state index contributed by atoms with van der Waals surface area (Å²) in [5.74, 6) is -2.46. The Morgan fingerprint density at radius 3 is 2.62 bits per heavy atom. The Hall–Kier alpha value is -2.79. The zero-order valence-electron chi connectivity index (χ0n) is 21.9. The van der Waals surface area contributed by atoms with Crippen LogP contribution in [-0.2, 0) is 19.6 Å². The lowest BCUT2D eigenvalue weighted by Crippen LogP contribution is -2.50. The molecule has 0 aromatic heterocycles. The van der Waals surface area contributed by atoms with E-state index in [0.29, 0.717) is 44.2 Å². The maximum absolute atomic E-state index is 15.3. The minimum Gasteiger partial charge on any atom is -0.485 e. The first kappa shape index (κ1) is 30.2. The van der Waals surface area contributed by atoms with E-state index in [1.807, 2.05) is 9.62 Å². The third-order valence-corrected chi connectivity index (χ3v) is 9.29. The molecule has 0 aliphatic carbocycles. The minimum absolute atomic E-state index is 0.290. The number of carbonyl (C=O) groups is 1. The summed E-state index contributed by atoms with van der Waals surface area (Å²) in [6.07, 6.45) is 0.625. The number of nitrogens with one attached hydrogen (secondary N) is 1. The molecule has 2 aromatic rings. The second-order valence-corrected chi connectivity index (χ2v) is 12.8. The molecule has 2 heterocycles. The van der Waals surface area contributed by atoms with Crippen molar-refractivity contribution in [1.29, 1.82) is 5.26 Å². The molecule has 2 aliphatic rings. The van der Waals surface area contributed by atoms with Crippen molar-refractivity contribution in [3.8, 4) is 11.8 Å². The van der Waals surface area contributed by atoms with Gasteiger partial charge in [0.15, 0.2) is 11.6 Å². The Morgan fingerprint density at radius 2 is 2.00 bits per heavy atom. The summed E-state index contributed by atoms with van der Waals surface area (Å²) in [5.41, 5.74) is -1.70. The predicted octanol–water partition coefficient (Wildman–Crippen LogP) is 4.18. The quantitative estimate of drug-likeness (QED) is 0.385. The standard InChI is InChI=1S/C27H30F3N3O5S2/c1-27(9-2-3-11-37-27)26(34)32-40(35,36)23-12-18(14-31)25(24(30)13-23)38-21(8-10-33-15-20(29)16-33)17-39-22-6-4-19(28)5-7-22/h4-7,12-13,20-21H,2-3,8-11,15-17H2,1H3,(H,32,34)/t21-,27-/m1/s1. The molecular weight excluding hydrogens is 567 g/mol. The molecule has 2 atom stereocenters. The fraction of sp³-hybridized carbons (Fsp3) is 0.481. The largest absolute Gasteiger partial charge is 0.485 e. The lowest BCUT2D eigenvalue weighted by Gasteiger charge is -2.35. The third kappa shape index (κ3) is 7.48. The maximum atomic E-state index is 15.3. The Morgan fingerprint density at radius 1 is 1.27 bits per heavy atom. The van der Waals surface area contributed by atoms with Crippen molar-refractivity contribution in [2.75, 3.05) is 32.0 Å². The van der Waals surface area contributed by atoms with Crippen LogP contribution in [0.1, 0.15) is 38.2 Å². The van der Waals surface area contributed by atoms with Crippen molar-refractivity contribution in [3.63, 3.8) is 0 Å². The topological polar surface area (TPSA) is 109 Å². The van der Waals surface area contributed by atoms with Gasteiger partial charge in [-0.2, -0.15) is 5.26 Å². The molecule has 2 fully saturated rings. The maximum Gasteiger partial charge on any atom is 0.265 e. The van der Waals surface area contributed by atoms with E-state index in [1.54, 1.807) is 18.2 Å². The normalized spacial score (nSPS) is 20.8. The number of alkyl halides is 1. The molecule has 1 amide bonds. The Bertz CT molecular complexity index is 1360. The van der Waals surface area contributed by atoms with Gasteiger partial charge < -0.3 is 9.47 Å². The number of halogens is 3. The number of rotatable bonds is 11. The molecule has 1 N–H and O–H groups in total. The van der Waals surface area contributed by atoms with Gasteiger partial charge in [0.2, 0.25) is 0 Å². The van der Waals surface area contributed by atoms with Crippen LogP contribution in [0.2, 0.25) is 0 Å². The highest BCUT2D eigenvalue weighted by Gasteiger charge is 2.38. The van der Waals surface area contributed by atoms with E-state index in [0.717, 1.165) is 17.4 Å². The molecule has 0 spiro atoms. The van der Waals surface area contributed by atoms with Crippen molar-refractivity contribution in [1.82, 2.24) is 9.62 Å². The first-order valence-electron chi connectivity index (χ1n) is 12.9. The van der Waals surface area contributed by atoms with E-state index >= 15 is 4.39 Å². The van der Waals surface area contributed by atoms with Crippen LogP contribution in [-0.4, -0.2) is 69.1 Å². The fourth-order valence-corrected chi connectivity index (χ4v) is 6.46. The molecule has 8 nitrogen and oxygen atoms in total.